The molecule has 10 aromatic rings. The first-order valence-electron chi connectivity index (χ1n) is 28.5. The fourth-order valence-corrected chi connectivity index (χ4v) is 9.50. The van der Waals surface area contributed by atoms with Crippen molar-refractivity contribution in [2.24, 2.45) is 0 Å². The summed E-state index contributed by atoms with van der Waals surface area (Å²) in [7, 11) is 0. The van der Waals surface area contributed by atoms with E-state index >= 15 is 0 Å². The lowest BCUT2D eigenvalue weighted by atomic mass is 10.0. The normalized spacial score (nSPS) is 10.1. The van der Waals surface area contributed by atoms with E-state index in [1.807, 2.05) is 111 Å². The minimum atomic E-state index is 0.948. The molecule has 0 aliphatic heterocycles. The summed E-state index contributed by atoms with van der Waals surface area (Å²) in [5.74, 6) is 0. The zero-order valence-electron chi connectivity index (χ0n) is 48.8. The molecule has 2 nitrogen and oxygen atoms in total. The van der Waals surface area contributed by atoms with E-state index in [4.69, 9.17) is 0 Å². The van der Waals surface area contributed by atoms with Crippen LogP contribution in [0, 0.1) is 0 Å². The first-order chi connectivity index (χ1) is 36.2. The number of aryl methyl sites for hydroxylation is 2. The molecule has 2 aliphatic rings. The molecule has 0 N–H and O–H groups in total. The number of nitrogens with zero attached hydrogens (tertiary/aromatic N) is 2. The highest BCUT2D eigenvalue weighted by atomic mass is 15.0. The predicted octanol–water partition coefficient (Wildman–Crippen LogP) is 22.3. The third kappa shape index (κ3) is 14.8. The van der Waals surface area contributed by atoms with Gasteiger partial charge in [-0.3, -0.25) is 0 Å². The number of para-hydroxylation sites is 2. The molecule has 0 unspecified atom stereocenters. The van der Waals surface area contributed by atoms with Crippen LogP contribution in [0.2, 0.25) is 0 Å². The number of hydrogen-bond donors (Lipinski definition) is 0. The summed E-state index contributed by atoms with van der Waals surface area (Å²) in [4.78, 5) is 0. The molecule has 2 aromatic heterocycles. The fraction of sp³-hybridized carbons (Fsp3) is 0.324. The Hall–Kier alpha value is -6.64. The third-order valence-electron chi connectivity index (χ3n) is 12.1. The first-order valence-corrected chi connectivity index (χ1v) is 28.5. The van der Waals surface area contributed by atoms with Crippen LogP contribution in [0.4, 0.5) is 0 Å². The lowest BCUT2D eigenvalue weighted by molar-refractivity contribution is 0.827. The topological polar surface area (TPSA) is 9.86 Å². The quantitative estimate of drug-likeness (QED) is 0.166. The molecule has 2 heteroatoms. The predicted molar refractivity (Wildman–Crippen MR) is 333 cm³/mol. The second kappa shape index (κ2) is 34.7. The maximum absolute atomic E-state index is 2.42. The van der Waals surface area contributed by atoms with Gasteiger partial charge in [0.15, 0.2) is 0 Å². The maximum Gasteiger partial charge on any atom is 0.0491 e. The van der Waals surface area contributed by atoms with Crippen LogP contribution < -0.4 is 0 Å². The van der Waals surface area contributed by atoms with Gasteiger partial charge in [-0.05, 0) is 125 Å². The van der Waals surface area contributed by atoms with E-state index in [9.17, 15) is 0 Å². The number of benzene rings is 8. The van der Waals surface area contributed by atoms with E-state index in [0.29, 0.717) is 0 Å². The lowest BCUT2D eigenvalue weighted by Crippen LogP contribution is -1.94. The molecule has 2 aliphatic carbocycles. The molecule has 12 rings (SSSR count). The van der Waals surface area contributed by atoms with Gasteiger partial charge in [0.1, 0.15) is 0 Å². The van der Waals surface area contributed by atoms with Crippen molar-refractivity contribution >= 4 is 43.6 Å². The summed E-state index contributed by atoms with van der Waals surface area (Å²) < 4.78 is 4.83. The molecule has 388 valence electrons. The van der Waals surface area contributed by atoms with E-state index < -0.39 is 0 Å². The molecule has 0 saturated carbocycles. The highest BCUT2D eigenvalue weighted by molar-refractivity contribution is 6.09. The molecule has 0 fully saturated rings. The number of hydrogen-bond acceptors (Lipinski definition) is 0. The van der Waals surface area contributed by atoms with E-state index in [-0.39, 0.29) is 0 Å². The number of fused-ring (bicyclic) bond motifs is 12. The standard InChI is InChI=1S/C29H26N2.2C13H10.8C2H6/c1-3-30-26-11-7-5-9-22(26)24-18-20(13-15-28(24)30)17-21-14-16-29-25(19-21)23-10-6-8-12-27(23)31(29)4-2;2*1-3-7-12-10(5-1)9-11-6-2-4-8-13(11)12;8*1-2/h5-16,18-19H,3-4,17H2,1-2H3;2*1-8H,9H2;8*1-2H3. The average molecular weight is 976 g/mol. The summed E-state index contributed by atoms with van der Waals surface area (Å²) >= 11 is 0. The van der Waals surface area contributed by atoms with Crippen molar-refractivity contribution in [1.82, 2.24) is 9.13 Å². The highest BCUT2D eigenvalue weighted by Crippen LogP contribution is 2.37. The summed E-state index contributed by atoms with van der Waals surface area (Å²) in [5.41, 5.74) is 19.5. The molecule has 0 bridgehead atoms. The first kappa shape index (κ1) is 62.5. The van der Waals surface area contributed by atoms with Gasteiger partial charge in [-0.1, -0.05) is 256 Å². The van der Waals surface area contributed by atoms with Gasteiger partial charge in [-0.25, -0.2) is 0 Å². The van der Waals surface area contributed by atoms with Crippen molar-refractivity contribution in [1.29, 1.82) is 0 Å². The summed E-state index contributed by atoms with van der Waals surface area (Å²) in [5, 5.41) is 5.42. The van der Waals surface area contributed by atoms with Crippen LogP contribution in [0.5, 0.6) is 0 Å². The van der Waals surface area contributed by atoms with Crippen molar-refractivity contribution in [3.05, 3.63) is 215 Å². The second-order valence-corrected chi connectivity index (χ2v) is 15.4. The Morgan fingerprint density at radius 1 is 0.274 bits per heavy atom. The van der Waals surface area contributed by atoms with Gasteiger partial charge < -0.3 is 9.13 Å². The van der Waals surface area contributed by atoms with Gasteiger partial charge in [-0.15, -0.1) is 0 Å². The van der Waals surface area contributed by atoms with Crippen molar-refractivity contribution in [2.45, 2.75) is 157 Å². The van der Waals surface area contributed by atoms with Gasteiger partial charge in [0, 0.05) is 56.7 Å². The van der Waals surface area contributed by atoms with Crippen LogP contribution in [0.25, 0.3) is 65.9 Å². The highest BCUT2D eigenvalue weighted by Gasteiger charge is 2.17. The number of aromatic nitrogens is 2. The van der Waals surface area contributed by atoms with Gasteiger partial charge in [-0.2, -0.15) is 0 Å². The van der Waals surface area contributed by atoms with E-state index in [1.54, 1.807) is 0 Å². The van der Waals surface area contributed by atoms with E-state index in [2.05, 4.69) is 205 Å². The molecule has 73 heavy (non-hydrogen) atoms. The molecule has 0 atom stereocenters. The summed E-state index contributed by atoms with van der Waals surface area (Å²) in [6.07, 6.45) is 3.15. The minimum absolute atomic E-state index is 0.948. The molecular weight excluding hydrogens is 881 g/mol. The van der Waals surface area contributed by atoms with E-state index in [0.717, 1.165) is 32.4 Å². The van der Waals surface area contributed by atoms with Crippen molar-refractivity contribution in [2.75, 3.05) is 0 Å². The Morgan fingerprint density at radius 2 is 0.521 bits per heavy atom. The van der Waals surface area contributed by atoms with Crippen LogP contribution >= 0.6 is 0 Å². The summed E-state index contributed by atoms with van der Waals surface area (Å²) in [6.45, 7) is 38.4. The fourth-order valence-electron chi connectivity index (χ4n) is 9.50. The minimum Gasteiger partial charge on any atom is -0.341 e. The van der Waals surface area contributed by atoms with Crippen LogP contribution in [-0.2, 0) is 32.4 Å². The van der Waals surface area contributed by atoms with Crippen LogP contribution in [0.15, 0.2) is 182 Å². The average Bonchev–Trinajstić information content (AvgIpc) is 4.25. The Labute approximate surface area is 445 Å². The molecule has 2 heterocycles. The Kier molecular flexibility index (Phi) is 29.7. The Balaban J connectivity index is 0.000000363. The van der Waals surface area contributed by atoms with Crippen LogP contribution in [0.3, 0.4) is 0 Å². The molecule has 8 aromatic carbocycles. The van der Waals surface area contributed by atoms with E-state index in [1.165, 1.54) is 99.2 Å². The van der Waals surface area contributed by atoms with Crippen LogP contribution in [-0.4, -0.2) is 9.13 Å². The largest absolute Gasteiger partial charge is 0.341 e. The summed E-state index contributed by atoms with van der Waals surface area (Å²) in [6, 6.07) is 66.1. The second-order valence-electron chi connectivity index (χ2n) is 15.4. The van der Waals surface area contributed by atoms with Crippen molar-refractivity contribution in [3.63, 3.8) is 0 Å². The van der Waals surface area contributed by atoms with Gasteiger partial charge in [0.05, 0.1) is 0 Å². The molecule has 0 saturated heterocycles. The Bertz CT molecular complexity index is 2790. The van der Waals surface area contributed by atoms with Crippen LogP contribution in [0.1, 0.15) is 158 Å². The maximum atomic E-state index is 2.42. The van der Waals surface area contributed by atoms with Gasteiger partial charge in [0.25, 0.3) is 0 Å². The third-order valence-corrected chi connectivity index (χ3v) is 12.1. The zero-order chi connectivity index (χ0) is 54.3. The molecule has 0 radical (unpaired) electrons. The molecule has 0 amide bonds. The zero-order valence-corrected chi connectivity index (χ0v) is 48.8. The van der Waals surface area contributed by atoms with Crippen molar-refractivity contribution in [3.8, 4) is 22.3 Å². The molecular formula is C71H94N2. The van der Waals surface area contributed by atoms with Gasteiger partial charge >= 0.3 is 0 Å². The monoisotopic (exact) mass is 975 g/mol. The van der Waals surface area contributed by atoms with Gasteiger partial charge in [0.2, 0.25) is 0 Å². The smallest absolute Gasteiger partial charge is 0.0491 e. The van der Waals surface area contributed by atoms with Crippen molar-refractivity contribution < 1.29 is 0 Å². The Morgan fingerprint density at radius 3 is 0.808 bits per heavy atom. The lowest BCUT2D eigenvalue weighted by Gasteiger charge is -2.06. The SMILES string of the molecule is CC.CC.CC.CC.CC.CC.CC.CC.CCn1c2ccccc2c2cc(Cc3ccc4c(c3)c3ccccc3n4CC)ccc21.c1ccc2c(c1)Cc1ccccc1-2.c1ccc2c(c1)Cc1ccccc1-2. The molecule has 0 spiro atoms. The number of rotatable bonds is 4.